The van der Waals surface area contributed by atoms with Crippen LogP contribution in [0.2, 0.25) is 0 Å². The van der Waals surface area contributed by atoms with E-state index in [4.69, 9.17) is 0 Å². The van der Waals surface area contributed by atoms with E-state index in [2.05, 4.69) is 65.1 Å². The molecule has 0 fully saturated rings. The first kappa shape index (κ1) is 10.8. The summed E-state index contributed by atoms with van der Waals surface area (Å²) in [6.07, 6.45) is 2.06. The Bertz CT molecular complexity index is 671. The number of rotatable bonds is 1. The predicted molar refractivity (Wildman–Crippen MR) is 78.1 cm³/mol. The van der Waals surface area contributed by atoms with Crippen molar-refractivity contribution >= 4 is 28.1 Å². The predicted octanol–water partition coefficient (Wildman–Crippen LogP) is 3.91. The van der Waals surface area contributed by atoms with Crippen LogP contribution in [0.15, 0.2) is 48.7 Å². The summed E-state index contributed by atoms with van der Waals surface area (Å²) in [7, 11) is 0. The Labute approximate surface area is 113 Å². The number of fused-ring (bicyclic) bond motifs is 1. The van der Waals surface area contributed by atoms with E-state index in [1.54, 1.807) is 0 Å². The summed E-state index contributed by atoms with van der Waals surface area (Å²) in [5, 5.41) is 4.65. The van der Waals surface area contributed by atoms with Crippen LogP contribution in [0, 0.1) is 10.5 Å². The lowest BCUT2D eigenvalue weighted by molar-refractivity contribution is 0.956. The van der Waals surface area contributed by atoms with Crippen molar-refractivity contribution in [3.8, 4) is 11.3 Å². The molecule has 0 bridgehead atoms. The first-order valence-electron chi connectivity index (χ1n) is 5.45. The average Bonchev–Trinajstić information content (AvgIpc) is 2.67. The molecule has 3 rings (SSSR count). The minimum Gasteiger partial charge on any atom is -0.239 e. The van der Waals surface area contributed by atoms with Gasteiger partial charge in [-0.05, 0) is 41.1 Å². The third kappa shape index (κ3) is 1.84. The molecule has 3 heteroatoms. The van der Waals surface area contributed by atoms with Crippen LogP contribution in [0.1, 0.15) is 5.56 Å². The number of aryl methyl sites for hydroxylation is 1. The maximum absolute atomic E-state index is 4.65. The molecule has 1 aromatic carbocycles. The van der Waals surface area contributed by atoms with Gasteiger partial charge in [-0.3, -0.25) is 0 Å². The molecule has 2 aromatic heterocycles. The highest BCUT2D eigenvalue weighted by atomic mass is 127. The van der Waals surface area contributed by atoms with Crippen LogP contribution in [-0.2, 0) is 0 Å². The minimum atomic E-state index is 1.05. The Kier molecular flexibility index (Phi) is 2.63. The summed E-state index contributed by atoms with van der Waals surface area (Å²) in [5.74, 6) is 0. The van der Waals surface area contributed by atoms with Crippen molar-refractivity contribution in [1.29, 1.82) is 0 Å². The Morgan fingerprint density at radius 3 is 2.59 bits per heavy atom. The van der Waals surface area contributed by atoms with Gasteiger partial charge in [-0.25, -0.2) is 4.52 Å². The molecule has 0 atom stereocenters. The van der Waals surface area contributed by atoms with Crippen LogP contribution in [0.3, 0.4) is 0 Å². The van der Waals surface area contributed by atoms with Crippen molar-refractivity contribution in [1.82, 2.24) is 9.61 Å². The average molecular weight is 334 g/mol. The van der Waals surface area contributed by atoms with Crippen LogP contribution < -0.4 is 0 Å². The summed E-state index contributed by atoms with van der Waals surface area (Å²) in [5.41, 5.74) is 4.60. The van der Waals surface area contributed by atoms with Gasteiger partial charge in [-0.15, -0.1) is 0 Å². The van der Waals surface area contributed by atoms with Crippen molar-refractivity contribution in [2.24, 2.45) is 0 Å². The first-order chi connectivity index (χ1) is 8.25. The van der Waals surface area contributed by atoms with Gasteiger partial charge in [0, 0.05) is 11.8 Å². The number of benzene rings is 1. The maximum Gasteiger partial charge on any atom is 0.107 e. The molecule has 0 amide bonds. The lowest BCUT2D eigenvalue weighted by atomic mass is 10.1. The van der Waals surface area contributed by atoms with E-state index in [1.165, 1.54) is 14.7 Å². The standard InChI is InChI=1S/C14H11IN2/c1-10-7-8-12-13(15)14(16-17(12)9-10)11-5-3-2-4-6-11/h2-9H,1H3. The fourth-order valence-electron chi connectivity index (χ4n) is 1.90. The largest absolute Gasteiger partial charge is 0.239 e. The van der Waals surface area contributed by atoms with Gasteiger partial charge in [0.2, 0.25) is 0 Å². The van der Waals surface area contributed by atoms with Crippen molar-refractivity contribution in [2.75, 3.05) is 0 Å². The molecule has 0 unspecified atom stereocenters. The molecular weight excluding hydrogens is 323 g/mol. The summed E-state index contributed by atoms with van der Waals surface area (Å²) < 4.78 is 3.16. The topological polar surface area (TPSA) is 17.3 Å². The number of hydrogen-bond acceptors (Lipinski definition) is 1. The van der Waals surface area contributed by atoms with E-state index < -0.39 is 0 Å². The molecule has 2 heterocycles. The number of pyridine rings is 1. The lowest BCUT2D eigenvalue weighted by Gasteiger charge is -1.95. The number of aromatic nitrogens is 2. The van der Waals surface area contributed by atoms with Crippen molar-refractivity contribution in [3.05, 3.63) is 57.8 Å². The Morgan fingerprint density at radius 1 is 1.06 bits per heavy atom. The first-order valence-corrected chi connectivity index (χ1v) is 6.53. The van der Waals surface area contributed by atoms with Gasteiger partial charge in [-0.2, -0.15) is 5.10 Å². The van der Waals surface area contributed by atoms with E-state index in [1.807, 2.05) is 22.7 Å². The van der Waals surface area contributed by atoms with E-state index in [9.17, 15) is 0 Å². The molecular formula is C14H11IN2. The van der Waals surface area contributed by atoms with E-state index >= 15 is 0 Å². The molecule has 0 aliphatic heterocycles. The molecule has 0 aliphatic rings. The molecule has 0 aliphatic carbocycles. The Hall–Kier alpha value is -1.36. The second-order valence-corrected chi connectivity index (χ2v) is 5.14. The third-order valence-corrected chi connectivity index (χ3v) is 3.83. The highest BCUT2D eigenvalue weighted by molar-refractivity contribution is 14.1. The molecule has 0 N–H and O–H groups in total. The molecule has 17 heavy (non-hydrogen) atoms. The summed E-state index contributed by atoms with van der Waals surface area (Å²) >= 11 is 2.37. The van der Waals surface area contributed by atoms with Gasteiger partial charge in [0.05, 0.1) is 9.09 Å². The molecule has 0 spiro atoms. The normalized spacial score (nSPS) is 10.9. The fourth-order valence-corrected chi connectivity index (χ4v) is 2.75. The Balaban J connectivity index is 2.28. The fraction of sp³-hybridized carbons (Fsp3) is 0.0714. The zero-order valence-corrected chi connectivity index (χ0v) is 11.5. The van der Waals surface area contributed by atoms with Gasteiger partial charge in [-0.1, -0.05) is 36.4 Å². The van der Waals surface area contributed by atoms with E-state index in [0.29, 0.717) is 0 Å². The molecule has 0 saturated heterocycles. The highest BCUT2D eigenvalue weighted by Crippen LogP contribution is 2.27. The zero-order valence-electron chi connectivity index (χ0n) is 9.39. The van der Waals surface area contributed by atoms with Crippen LogP contribution >= 0.6 is 22.6 Å². The second-order valence-electron chi connectivity index (χ2n) is 4.06. The Morgan fingerprint density at radius 2 is 1.82 bits per heavy atom. The van der Waals surface area contributed by atoms with Crippen LogP contribution in [-0.4, -0.2) is 9.61 Å². The third-order valence-electron chi connectivity index (χ3n) is 2.76. The number of hydrogen-bond donors (Lipinski definition) is 0. The summed E-state index contributed by atoms with van der Waals surface area (Å²) in [6, 6.07) is 14.5. The zero-order chi connectivity index (χ0) is 11.8. The quantitative estimate of drug-likeness (QED) is 0.617. The van der Waals surface area contributed by atoms with Crippen LogP contribution in [0.4, 0.5) is 0 Å². The molecule has 0 saturated carbocycles. The number of nitrogens with zero attached hydrogens (tertiary/aromatic N) is 2. The van der Waals surface area contributed by atoms with Crippen LogP contribution in [0.25, 0.3) is 16.8 Å². The minimum absolute atomic E-state index is 1.05. The monoisotopic (exact) mass is 334 g/mol. The van der Waals surface area contributed by atoms with Gasteiger partial charge in [0.25, 0.3) is 0 Å². The van der Waals surface area contributed by atoms with Gasteiger partial charge >= 0.3 is 0 Å². The smallest absolute Gasteiger partial charge is 0.107 e. The molecule has 2 nitrogen and oxygen atoms in total. The van der Waals surface area contributed by atoms with Gasteiger partial charge in [0.1, 0.15) is 5.69 Å². The molecule has 0 radical (unpaired) electrons. The van der Waals surface area contributed by atoms with Gasteiger partial charge < -0.3 is 0 Å². The number of halogens is 1. The van der Waals surface area contributed by atoms with Crippen molar-refractivity contribution in [2.45, 2.75) is 6.92 Å². The maximum atomic E-state index is 4.65. The highest BCUT2D eigenvalue weighted by Gasteiger charge is 2.11. The van der Waals surface area contributed by atoms with E-state index in [0.717, 1.165) is 11.2 Å². The summed E-state index contributed by atoms with van der Waals surface area (Å²) in [4.78, 5) is 0. The second kappa shape index (κ2) is 4.14. The van der Waals surface area contributed by atoms with Crippen molar-refractivity contribution < 1.29 is 0 Å². The molecule has 3 aromatic rings. The van der Waals surface area contributed by atoms with E-state index in [-0.39, 0.29) is 0 Å². The lowest BCUT2D eigenvalue weighted by Crippen LogP contribution is -1.87. The molecule has 84 valence electrons. The summed E-state index contributed by atoms with van der Waals surface area (Å²) in [6.45, 7) is 2.08. The van der Waals surface area contributed by atoms with Crippen LogP contribution in [0.5, 0.6) is 0 Å². The van der Waals surface area contributed by atoms with Crippen molar-refractivity contribution in [3.63, 3.8) is 0 Å². The van der Waals surface area contributed by atoms with Gasteiger partial charge in [0.15, 0.2) is 0 Å². The SMILES string of the molecule is Cc1ccc2c(I)c(-c3ccccc3)nn2c1.